The topological polar surface area (TPSA) is 88.4 Å². The van der Waals surface area contributed by atoms with Crippen LogP contribution in [-0.4, -0.2) is 36.4 Å². The molecule has 2 aromatic rings. The predicted molar refractivity (Wildman–Crippen MR) is 116 cm³/mol. The van der Waals surface area contributed by atoms with Gasteiger partial charge >= 0.3 is 5.97 Å². The van der Waals surface area contributed by atoms with Crippen molar-refractivity contribution in [1.82, 2.24) is 0 Å². The van der Waals surface area contributed by atoms with Gasteiger partial charge in [0.25, 0.3) is 5.91 Å². The van der Waals surface area contributed by atoms with E-state index in [1.54, 1.807) is 37.3 Å². The number of carbonyl (C=O) groups excluding carboxylic acids is 1. The highest BCUT2D eigenvalue weighted by Gasteiger charge is 2.29. The van der Waals surface area contributed by atoms with E-state index in [-0.39, 0.29) is 11.5 Å². The molecule has 2 aromatic carbocycles. The van der Waals surface area contributed by atoms with Crippen molar-refractivity contribution in [3.05, 3.63) is 58.1 Å². The standard InChI is InChI=1S/C22H21ClN2O5/c1-4-9-30-20-15(10-16(23)12-19(20)29-3)11-18-13(2)24-25(21(18)26)17-7-5-14(6-8-17)22(27)28/h5-8,10-12H,4,9H2,1-3H3,(H,27,28). The van der Waals surface area contributed by atoms with Crippen LogP contribution in [0.4, 0.5) is 5.69 Å². The second-order valence-corrected chi connectivity index (χ2v) is 7.02. The summed E-state index contributed by atoms with van der Waals surface area (Å²) in [5.41, 5.74) is 2.10. The molecule has 0 fully saturated rings. The molecule has 156 valence electrons. The second kappa shape index (κ2) is 9.00. The largest absolute Gasteiger partial charge is 0.493 e. The Balaban J connectivity index is 1.99. The number of amides is 1. The average Bonchev–Trinajstić information content (AvgIpc) is 3.01. The van der Waals surface area contributed by atoms with Crippen LogP contribution in [0.5, 0.6) is 11.5 Å². The molecular formula is C22H21ClN2O5. The zero-order valence-corrected chi connectivity index (χ0v) is 17.6. The first kappa shape index (κ1) is 21.4. The zero-order chi connectivity index (χ0) is 21.8. The first-order chi connectivity index (χ1) is 14.3. The molecule has 0 unspecified atom stereocenters. The molecule has 0 radical (unpaired) electrons. The smallest absolute Gasteiger partial charge is 0.335 e. The minimum Gasteiger partial charge on any atom is -0.493 e. The van der Waals surface area contributed by atoms with Gasteiger partial charge in [-0.15, -0.1) is 0 Å². The van der Waals surface area contributed by atoms with Gasteiger partial charge in [0, 0.05) is 16.7 Å². The van der Waals surface area contributed by atoms with Gasteiger partial charge < -0.3 is 14.6 Å². The number of carbonyl (C=O) groups is 2. The Bertz CT molecular complexity index is 1040. The summed E-state index contributed by atoms with van der Waals surface area (Å²) >= 11 is 6.22. The van der Waals surface area contributed by atoms with E-state index < -0.39 is 5.97 Å². The monoisotopic (exact) mass is 428 g/mol. The molecule has 0 saturated heterocycles. The fourth-order valence-corrected chi connectivity index (χ4v) is 3.18. The fourth-order valence-electron chi connectivity index (χ4n) is 2.97. The predicted octanol–water partition coefficient (Wildman–Crippen LogP) is 4.64. The van der Waals surface area contributed by atoms with Gasteiger partial charge in [0.2, 0.25) is 0 Å². The lowest BCUT2D eigenvalue weighted by Gasteiger charge is -2.14. The van der Waals surface area contributed by atoms with Crippen LogP contribution >= 0.6 is 11.6 Å². The third-order valence-corrected chi connectivity index (χ3v) is 4.66. The van der Waals surface area contributed by atoms with Gasteiger partial charge in [-0.2, -0.15) is 10.1 Å². The summed E-state index contributed by atoms with van der Waals surface area (Å²) in [7, 11) is 1.53. The quantitative estimate of drug-likeness (QED) is 0.649. The van der Waals surface area contributed by atoms with E-state index in [4.69, 9.17) is 26.2 Å². The highest BCUT2D eigenvalue weighted by Crippen LogP contribution is 2.37. The van der Waals surface area contributed by atoms with Gasteiger partial charge in [0.15, 0.2) is 11.5 Å². The molecular weight excluding hydrogens is 408 g/mol. The van der Waals surface area contributed by atoms with Crippen LogP contribution in [0.1, 0.15) is 36.2 Å². The summed E-state index contributed by atoms with van der Waals surface area (Å²) in [6, 6.07) is 9.29. The van der Waals surface area contributed by atoms with Gasteiger partial charge in [-0.05, 0) is 49.8 Å². The van der Waals surface area contributed by atoms with E-state index >= 15 is 0 Å². The molecule has 1 amide bonds. The van der Waals surface area contributed by atoms with Crippen molar-refractivity contribution in [2.75, 3.05) is 18.7 Å². The Kier molecular flexibility index (Phi) is 6.42. The molecule has 1 aliphatic heterocycles. The Labute approximate surface area is 179 Å². The third kappa shape index (κ3) is 4.31. The highest BCUT2D eigenvalue weighted by molar-refractivity contribution is 6.33. The number of methoxy groups -OCH3 is 1. The number of anilines is 1. The Morgan fingerprint density at radius 2 is 1.97 bits per heavy atom. The number of benzene rings is 2. The number of rotatable bonds is 7. The van der Waals surface area contributed by atoms with Crippen LogP contribution in [0.25, 0.3) is 6.08 Å². The fraction of sp³-hybridized carbons (Fsp3) is 0.227. The Morgan fingerprint density at radius 3 is 2.57 bits per heavy atom. The molecule has 1 N–H and O–H groups in total. The normalized spacial score (nSPS) is 14.8. The van der Waals surface area contributed by atoms with Crippen LogP contribution < -0.4 is 14.5 Å². The molecule has 0 saturated carbocycles. The van der Waals surface area contributed by atoms with E-state index in [1.165, 1.54) is 24.3 Å². The van der Waals surface area contributed by atoms with Gasteiger partial charge in [-0.3, -0.25) is 4.79 Å². The summed E-state index contributed by atoms with van der Waals surface area (Å²) in [5.74, 6) is -0.398. The molecule has 7 nitrogen and oxygen atoms in total. The lowest BCUT2D eigenvalue weighted by Crippen LogP contribution is -2.21. The van der Waals surface area contributed by atoms with Crippen LogP contribution in [0.2, 0.25) is 5.02 Å². The van der Waals surface area contributed by atoms with Crippen LogP contribution in [-0.2, 0) is 4.79 Å². The van der Waals surface area contributed by atoms with Crippen molar-refractivity contribution in [3.8, 4) is 11.5 Å². The number of aromatic carboxylic acids is 1. The van der Waals surface area contributed by atoms with Crippen LogP contribution in [0, 0.1) is 0 Å². The number of carboxylic acids is 1. The molecule has 1 aliphatic rings. The highest BCUT2D eigenvalue weighted by atomic mass is 35.5. The van der Waals surface area contributed by atoms with Crippen molar-refractivity contribution in [3.63, 3.8) is 0 Å². The van der Waals surface area contributed by atoms with Gasteiger partial charge in [0.1, 0.15) is 0 Å². The minimum atomic E-state index is -1.04. The van der Waals surface area contributed by atoms with Crippen molar-refractivity contribution < 1.29 is 24.2 Å². The molecule has 3 rings (SSSR count). The third-order valence-electron chi connectivity index (χ3n) is 4.44. The number of hydrogen-bond donors (Lipinski definition) is 1. The lowest BCUT2D eigenvalue weighted by atomic mass is 10.1. The zero-order valence-electron chi connectivity index (χ0n) is 16.8. The number of nitrogens with zero attached hydrogens (tertiary/aromatic N) is 2. The number of hydrazone groups is 1. The molecule has 0 spiro atoms. The van der Waals surface area contributed by atoms with E-state index in [1.807, 2.05) is 6.92 Å². The van der Waals surface area contributed by atoms with Gasteiger partial charge in [-0.25, -0.2) is 4.79 Å². The van der Waals surface area contributed by atoms with Crippen molar-refractivity contribution >= 4 is 41.0 Å². The van der Waals surface area contributed by atoms with Crippen molar-refractivity contribution in [1.29, 1.82) is 0 Å². The molecule has 0 aromatic heterocycles. The number of carboxylic acid groups (broad SMARTS) is 1. The number of ether oxygens (including phenoxy) is 2. The molecule has 1 heterocycles. The molecule has 0 atom stereocenters. The molecule has 0 aliphatic carbocycles. The number of hydrogen-bond acceptors (Lipinski definition) is 5. The maximum absolute atomic E-state index is 13.0. The summed E-state index contributed by atoms with van der Waals surface area (Å²) < 4.78 is 11.2. The first-order valence-corrected chi connectivity index (χ1v) is 9.69. The maximum Gasteiger partial charge on any atom is 0.335 e. The summed E-state index contributed by atoms with van der Waals surface area (Å²) in [5, 5.41) is 15.1. The second-order valence-electron chi connectivity index (χ2n) is 6.59. The molecule has 0 bridgehead atoms. The Morgan fingerprint density at radius 1 is 1.27 bits per heavy atom. The average molecular weight is 429 g/mol. The van der Waals surface area contributed by atoms with Gasteiger partial charge in [0.05, 0.1) is 36.3 Å². The van der Waals surface area contributed by atoms with E-state index in [2.05, 4.69) is 5.10 Å². The minimum absolute atomic E-state index is 0.130. The molecule has 30 heavy (non-hydrogen) atoms. The van der Waals surface area contributed by atoms with E-state index in [0.29, 0.717) is 45.7 Å². The molecule has 8 heteroatoms. The van der Waals surface area contributed by atoms with Crippen LogP contribution in [0.3, 0.4) is 0 Å². The number of halogens is 1. The maximum atomic E-state index is 13.0. The lowest BCUT2D eigenvalue weighted by molar-refractivity contribution is -0.114. The summed E-state index contributed by atoms with van der Waals surface area (Å²) in [4.78, 5) is 24.1. The van der Waals surface area contributed by atoms with Crippen LogP contribution in [0.15, 0.2) is 47.1 Å². The first-order valence-electron chi connectivity index (χ1n) is 9.31. The van der Waals surface area contributed by atoms with Crippen molar-refractivity contribution in [2.45, 2.75) is 20.3 Å². The summed E-state index contributed by atoms with van der Waals surface area (Å²) in [6.07, 6.45) is 2.48. The van der Waals surface area contributed by atoms with E-state index in [9.17, 15) is 9.59 Å². The van der Waals surface area contributed by atoms with Crippen molar-refractivity contribution in [2.24, 2.45) is 5.10 Å². The van der Waals surface area contributed by atoms with E-state index in [0.717, 1.165) is 6.42 Å². The van der Waals surface area contributed by atoms with Gasteiger partial charge in [-0.1, -0.05) is 18.5 Å². The Hall–Kier alpha value is -3.32. The SMILES string of the molecule is CCCOc1c(C=C2C(=O)N(c3ccc(C(=O)O)cc3)N=C2C)cc(Cl)cc1OC. The summed E-state index contributed by atoms with van der Waals surface area (Å²) in [6.45, 7) is 4.20.